The first-order valence-corrected chi connectivity index (χ1v) is 7.71. The topological polar surface area (TPSA) is 23.8 Å². The molecule has 3 rings (SSSR count). The van der Waals surface area contributed by atoms with Gasteiger partial charge >= 0.3 is 0 Å². The van der Waals surface area contributed by atoms with Gasteiger partial charge in [-0.3, -0.25) is 0 Å². The quantitative estimate of drug-likeness (QED) is 0.538. The number of hydrogen-bond donors (Lipinski definition) is 0. The molecule has 0 spiro atoms. The summed E-state index contributed by atoms with van der Waals surface area (Å²) in [6, 6.07) is 26.9. The highest BCUT2D eigenvalue weighted by Gasteiger charge is 2.03. The Labute approximate surface area is 138 Å². The molecule has 0 fully saturated rings. The Bertz CT molecular complexity index is 799. The summed E-state index contributed by atoms with van der Waals surface area (Å²) in [5.41, 5.74) is 5.32. The summed E-state index contributed by atoms with van der Waals surface area (Å²) in [6.07, 6.45) is 0. The van der Waals surface area contributed by atoms with Crippen LogP contribution in [0.1, 0.15) is 5.56 Å². The van der Waals surface area contributed by atoms with E-state index in [1.807, 2.05) is 30.3 Å². The molecule has 0 unspecified atom stereocenters. The number of nitriles is 1. The Morgan fingerprint density at radius 2 is 1.24 bits per heavy atom. The predicted molar refractivity (Wildman–Crippen MR) is 94.7 cm³/mol. The van der Waals surface area contributed by atoms with E-state index in [1.54, 1.807) is 0 Å². The number of halogens is 1. The molecule has 0 N–H and O–H groups in total. The van der Waals surface area contributed by atoms with Crippen molar-refractivity contribution < 1.29 is 0 Å². The van der Waals surface area contributed by atoms with Gasteiger partial charge in [0.2, 0.25) is 0 Å². The Hall–Kier alpha value is -2.12. The van der Waals surface area contributed by atoms with Crippen LogP contribution in [0.15, 0.2) is 72.8 Å². The zero-order valence-electron chi connectivity index (χ0n) is 11.3. The van der Waals surface area contributed by atoms with Crippen LogP contribution in [-0.4, -0.2) is 0 Å². The van der Waals surface area contributed by atoms with Crippen LogP contribution in [-0.2, 0) is 0 Å². The SMILES string of the molecule is N#Cc1cc(I)cc(-c2ccc(-c3ccccc3)cc2)c1. The highest BCUT2D eigenvalue weighted by Crippen LogP contribution is 2.26. The minimum atomic E-state index is 0.698. The van der Waals surface area contributed by atoms with Gasteiger partial charge in [0.05, 0.1) is 11.6 Å². The van der Waals surface area contributed by atoms with Crippen molar-refractivity contribution in [1.29, 1.82) is 5.26 Å². The largest absolute Gasteiger partial charge is 0.192 e. The number of hydrogen-bond acceptors (Lipinski definition) is 1. The molecular formula is C19H12IN. The van der Waals surface area contributed by atoms with Gasteiger partial charge in [-0.25, -0.2) is 0 Å². The fourth-order valence-electron chi connectivity index (χ4n) is 2.31. The molecule has 3 aromatic carbocycles. The summed E-state index contributed by atoms with van der Waals surface area (Å²) in [5.74, 6) is 0. The van der Waals surface area contributed by atoms with E-state index in [1.165, 1.54) is 11.1 Å². The summed E-state index contributed by atoms with van der Waals surface area (Å²) in [4.78, 5) is 0. The van der Waals surface area contributed by atoms with Crippen LogP contribution in [0.25, 0.3) is 22.3 Å². The number of nitrogens with zero attached hydrogens (tertiary/aromatic N) is 1. The minimum absolute atomic E-state index is 0.698. The maximum absolute atomic E-state index is 9.07. The van der Waals surface area contributed by atoms with Gasteiger partial charge in [-0.15, -0.1) is 0 Å². The standard InChI is InChI=1S/C19H12IN/c20-19-11-14(13-21)10-18(12-19)17-8-6-16(7-9-17)15-4-2-1-3-5-15/h1-12H. The first-order valence-electron chi connectivity index (χ1n) is 6.63. The molecule has 0 atom stereocenters. The average Bonchev–Trinajstić information content (AvgIpc) is 2.55. The van der Waals surface area contributed by atoms with Crippen molar-refractivity contribution in [3.63, 3.8) is 0 Å². The maximum Gasteiger partial charge on any atom is 0.0992 e. The van der Waals surface area contributed by atoms with E-state index in [-0.39, 0.29) is 0 Å². The summed E-state index contributed by atoms with van der Waals surface area (Å²) >= 11 is 2.25. The molecule has 0 heterocycles. The van der Waals surface area contributed by atoms with E-state index in [9.17, 15) is 0 Å². The molecule has 0 amide bonds. The van der Waals surface area contributed by atoms with E-state index in [0.717, 1.165) is 14.7 Å². The van der Waals surface area contributed by atoms with Crippen LogP contribution >= 0.6 is 22.6 Å². The predicted octanol–water partition coefficient (Wildman–Crippen LogP) is 5.50. The smallest absolute Gasteiger partial charge is 0.0992 e. The van der Waals surface area contributed by atoms with E-state index in [4.69, 9.17) is 5.26 Å². The summed E-state index contributed by atoms with van der Waals surface area (Å²) in [6.45, 7) is 0. The first-order chi connectivity index (χ1) is 10.3. The third kappa shape index (κ3) is 3.14. The monoisotopic (exact) mass is 381 g/mol. The van der Waals surface area contributed by atoms with Crippen LogP contribution < -0.4 is 0 Å². The van der Waals surface area contributed by atoms with Crippen LogP contribution in [0.5, 0.6) is 0 Å². The van der Waals surface area contributed by atoms with Crippen LogP contribution in [0, 0.1) is 14.9 Å². The molecular weight excluding hydrogens is 369 g/mol. The molecule has 0 aliphatic carbocycles. The summed E-state index contributed by atoms with van der Waals surface area (Å²) in [5, 5.41) is 9.07. The molecule has 2 heteroatoms. The lowest BCUT2D eigenvalue weighted by Gasteiger charge is -2.06. The van der Waals surface area contributed by atoms with Crippen molar-refractivity contribution in [3.05, 3.63) is 81.9 Å². The summed E-state index contributed by atoms with van der Waals surface area (Å²) in [7, 11) is 0. The molecule has 100 valence electrons. The lowest BCUT2D eigenvalue weighted by molar-refractivity contribution is 1.47. The molecule has 1 nitrogen and oxygen atoms in total. The average molecular weight is 381 g/mol. The second-order valence-corrected chi connectivity index (χ2v) is 6.03. The highest BCUT2D eigenvalue weighted by molar-refractivity contribution is 14.1. The molecule has 0 radical (unpaired) electrons. The van der Waals surface area contributed by atoms with Crippen LogP contribution in [0.4, 0.5) is 0 Å². The van der Waals surface area contributed by atoms with Crippen molar-refractivity contribution in [1.82, 2.24) is 0 Å². The molecule has 0 saturated heterocycles. The van der Waals surface area contributed by atoms with Crippen LogP contribution in [0.3, 0.4) is 0 Å². The number of benzene rings is 3. The maximum atomic E-state index is 9.07. The molecule has 0 aliphatic heterocycles. The molecule has 0 aromatic heterocycles. The van der Waals surface area contributed by atoms with Gasteiger partial charge in [0.15, 0.2) is 0 Å². The molecule has 21 heavy (non-hydrogen) atoms. The Balaban J connectivity index is 1.98. The van der Waals surface area contributed by atoms with Crippen molar-refractivity contribution in [3.8, 4) is 28.3 Å². The molecule has 0 bridgehead atoms. The summed E-state index contributed by atoms with van der Waals surface area (Å²) < 4.78 is 1.08. The van der Waals surface area contributed by atoms with E-state index in [2.05, 4.69) is 71.1 Å². The van der Waals surface area contributed by atoms with Crippen molar-refractivity contribution >= 4 is 22.6 Å². The Kier molecular flexibility index (Phi) is 4.03. The van der Waals surface area contributed by atoms with Gasteiger partial charge in [-0.05, 0) is 63.0 Å². The highest BCUT2D eigenvalue weighted by atomic mass is 127. The normalized spacial score (nSPS) is 10.1. The van der Waals surface area contributed by atoms with Gasteiger partial charge in [0.25, 0.3) is 0 Å². The fraction of sp³-hybridized carbons (Fsp3) is 0. The van der Waals surface area contributed by atoms with Crippen molar-refractivity contribution in [2.45, 2.75) is 0 Å². The van der Waals surface area contributed by atoms with Gasteiger partial charge in [0.1, 0.15) is 0 Å². The molecule has 0 saturated carbocycles. The Morgan fingerprint density at radius 1 is 0.667 bits per heavy atom. The van der Waals surface area contributed by atoms with E-state index < -0.39 is 0 Å². The number of rotatable bonds is 2. The third-order valence-corrected chi connectivity index (χ3v) is 3.98. The fourth-order valence-corrected chi connectivity index (χ4v) is 2.98. The lowest BCUT2D eigenvalue weighted by Crippen LogP contribution is -1.84. The first kappa shape index (κ1) is 13.8. The zero-order chi connectivity index (χ0) is 14.7. The lowest BCUT2D eigenvalue weighted by atomic mass is 9.99. The van der Waals surface area contributed by atoms with E-state index in [0.29, 0.717) is 5.56 Å². The van der Waals surface area contributed by atoms with Crippen molar-refractivity contribution in [2.24, 2.45) is 0 Å². The van der Waals surface area contributed by atoms with Gasteiger partial charge < -0.3 is 0 Å². The van der Waals surface area contributed by atoms with Crippen molar-refractivity contribution in [2.75, 3.05) is 0 Å². The molecule has 0 aliphatic rings. The second kappa shape index (κ2) is 6.11. The van der Waals surface area contributed by atoms with Gasteiger partial charge in [0, 0.05) is 3.57 Å². The minimum Gasteiger partial charge on any atom is -0.192 e. The Morgan fingerprint density at radius 3 is 1.86 bits per heavy atom. The van der Waals surface area contributed by atoms with Gasteiger partial charge in [-0.2, -0.15) is 5.26 Å². The molecule has 3 aromatic rings. The third-order valence-electron chi connectivity index (χ3n) is 3.35. The van der Waals surface area contributed by atoms with Crippen LogP contribution in [0.2, 0.25) is 0 Å². The zero-order valence-corrected chi connectivity index (χ0v) is 13.4. The van der Waals surface area contributed by atoms with Gasteiger partial charge in [-0.1, -0.05) is 54.6 Å². The van der Waals surface area contributed by atoms with E-state index >= 15 is 0 Å². The second-order valence-electron chi connectivity index (χ2n) is 4.78.